The third-order valence-corrected chi connectivity index (χ3v) is 5.34. The molecule has 7 nitrogen and oxygen atoms in total. The van der Waals surface area contributed by atoms with Crippen molar-refractivity contribution < 1.29 is 8.42 Å². The van der Waals surface area contributed by atoms with E-state index in [1.807, 2.05) is 25.7 Å². The Balaban J connectivity index is 2.88. The van der Waals surface area contributed by atoms with Gasteiger partial charge in [-0.05, 0) is 24.7 Å². The molecule has 156 valence electrons. The number of guanidine groups is 1. The number of hydrogen-bond acceptors (Lipinski definition) is 4. The Bertz CT molecular complexity index is 735. The number of aliphatic imine (C=N–C) groups is 1. The summed E-state index contributed by atoms with van der Waals surface area (Å²) in [4.78, 5) is 6.87. The molecule has 8 heteroatoms. The minimum absolute atomic E-state index is 0.179. The Labute approximate surface area is 165 Å². The molecule has 1 aromatic rings. The SMILES string of the molecule is CCNC(=NCC(C)(C)CCS(C)(=O)=O)N(C)Cc1cn(C)nc1C(C)C. The molecule has 0 saturated heterocycles. The fraction of sp³-hybridized carbons (Fsp3) is 0.789. The first kappa shape index (κ1) is 23.5. The van der Waals surface area contributed by atoms with E-state index in [9.17, 15) is 8.42 Å². The van der Waals surface area contributed by atoms with Crippen molar-refractivity contribution in [3.8, 4) is 0 Å². The first-order valence-corrected chi connectivity index (χ1v) is 11.6. The van der Waals surface area contributed by atoms with E-state index < -0.39 is 9.84 Å². The van der Waals surface area contributed by atoms with Gasteiger partial charge in [0, 0.05) is 51.7 Å². The van der Waals surface area contributed by atoms with E-state index in [0.717, 1.165) is 24.7 Å². The van der Waals surface area contributed by atoms with Crippen molar-refractivity contribution in [1.82, 2.24) is 20.0 Å². The molecule has 0 aliphatic heterocycles. The monoisotopic (exact) mass is 399 g/mol. The van der Waals surface area contributed by atoms with Crippen molar-refractivity contribution in [2.75, 3.05) is 32.1 Å². The zero-order valence-electron chi connectivity index (χ0n) is 18.2. The van der Waals surface area contributed by atoms with Crippen LogP contribution in [0, 0.1) is 5.41 Å². The lowest BCUT2D eigenvalue weighted by atomic mass is 9.90. The Kier molecular flexibility index (Phi) is 8.32. The van der Waals surface area contributed by atoms with E-state index in [1.54, 1.807) is 0 Å². The molecule has 0 aliphatic carbocycles. The molecule has 0 atom stereocenters. The molecule has 0 aliphatic rings. The first-order valence-electron chi connectivity index (χ1n) is 9.54. The predicted molar refractivity (Wildman–Crippen MR) is 113 cm³/mol. The van der Waals surface area contributed by atoms with Crippen LogP contribution in [0.2, 0.25) is 0 Å². The summed E-state index contributed by atoms with van der Waals surface area (Å²) in [5.74, 6) is 1.38. The van der Waals surface area contributed by atoms with Crippen LogP contribution in [0.5, 0.6) is 0 Å². The lowest BCUT2D eigenvalue weighted by Gasteiger charge is -2.26. The molecule has 0 spiro atoms. The largest absolute Gasteiger partial charge is 0.357 e. The van der Waals surface area contributed by atoms with Gasteiger partial charge in [-0.2, -0.15) is 5.10 Å². The summed E-state index contributed by atoms with van der Waals surface area (Å²) in [6, 6.07) is 0. The van der Waals surface area contributed by atoms with E-state index in [0.29, 0.717) is 18.9 Å². The van der Waals surface area contributed by atoms with Gasteiger partial charge in [0.1, 0.15) is 9.84 Å². The zero-order valence-corrected chi connectivity index (χ0v) is 19.0. The number of aryl methyl sites for hydroxylation is 1. The van der Waals surface area contributed by atoms with Gasteiger partial charge in [-0.1, -0.05) is 27.7 Å². The average molecular weight is 400 g/mol. The molecule has 1 rings (SSSR count). The molecular weight excluding hydrogens is 362 g/mol. The summed E-state index contributed by atoms with van der Waals surface area (Å²) in [6.45, 7) is 12.5. The van der Waals surface area contributed by atoms with Crippen LogP contribution in [0.15, 0.2) is 11.2 Å². The van der Waals surface area contributed by atoms with Crippen LogP contribution in [-0.2, 0) is 23.4 Å². The quantitative estimate of drug-likeness (QED) is 0.509. The molecule has 0 fully saturated rings. The van der Waals surface area contributed by atoms with Gasteiger partial charge in [0.2, 0.25) is 0 Å². The highest BCUT2D eigenvalue weighted by molar-refractivity contribution is 7.90. The number of nitrogens with one attached hydrogen (secondary N) is 1. The lowest BCUT2D eigenvalue weighted by Crippen LogP contribution is -2.39. The number of nitrogens with zero attached hydrogens (tertiary/aromatic N) is 4. The van der Waals surface area contributed by atoms with Gasteiger partial charge in [0.15, 0.2) is 5.96 Å². The van der Waals surface area contributed by atoms with Gasteiger partial charge in [-0.25, -0.2) is 8.42 Å². The van der Waals surface area contributed by atoms with Crippen molar-refractivity contribution in [2.45, 2.75) is 53.5 Å². The van der Waals surface area contributed by atoms with Gasteiger partial charge < -0.3 is 10.2 Å². The summed E-state index contributed by atoms with van der Waals surface area (Å²) >= 11 is 0. The van der Waals surface area contributed by atoms with E-state index >= 15 is 0 Å². The number of rotatable bonds is 9. The van der Waals surface area contributed by atoms with Crippen molar-refractivity contribution in [1.29, 1.82) is 0 Å². The van der Waals surface area contributed by atoms with Gasteiger partial charge in [0.25, 0.3) is 0 Å². The number of hydrogen-bond donors (Lipinski definition) is 1. The fourth-order valence-electron chi connectivity index (χ4n) is 2.79. The maximum Gasteiger partial charge on any atom is 0.193 e. The summed E-state index contributed by atoms with van der Waals surface area (Å²) < 4.78 is 24.8. The van der Waals surface area contributed by atoms with Crippen LogP contribution in [0.4, 0.5) is 0 Å². The molecule has 0 unspecified atom stereocenters. The van der Waals surface area contributed by atoms with E-state index in [-0.39, 0.29) is 11.2 Å². The Morgan fingerprint density at radius 3 is 2.56 bits per heavy atom. The third-order valence-electron chi connectivity index (χ3n) is 4.39. The Morgan fingerprint density at radius 1 is 1.41 bits per heavy atom. The normalized spacial score (nSPS) is 13.3. The van der Waals surface area contributed by atoms with Gasteiger partial charge in [-0.15, -0.1) is 0 Å². The second-order valence-corrected chi connectivity index (χ2v) is 10.7. The summed E-state index contributed by atoms with van der Waals surface area (Å²) in [5.41, 5.74) is 2.12. The van der Waals surface area contributed by atoms with Crippen molar-refractivity contribution in [3.05, 3.63) is 17.5 Å². The highest BCUT2D eigenvalue weighted by Gasteiger charge is 2.21. The molecule has 0 radical (unpaired) electrons. The van der Waals surface area contributed by atoms with Gasteiger partial charge >= 0.3 is 0 Å². The first-order chi connectivity index (χ1) is 12.3. The Morgan fingerprint density at radius 2 is 2.04 bits per heavy atom. The second-order valence-electron chi connectivity index (χ2n) is 8.44. The van der Waals surface area contributed by atoms with Crippen LogP contribution < -0.4 is 5.32 Å². The fourth-order valence-corrected chi connectivity index (χ4v) is 3.72. The molecule has 1 heterocycles. The molecule has 0 saturated carbocycles. The molecule has 0 aromatic carbocycles. The summed E-state index contributed by atoms with van der Waals surface area (Å²) in [7, 11) is 1.00. The Hall–Kier alpha value is -1.57. The molecule has 1 N–H and O–H groups in total. The topological polar surface area (TPSA) is 79.6 Å². The molecule has 27 heavy (non-hydrogen) atoms. The van der Waals surface area contributed by atoms with E-state index in [4.69, 9.17) is 4.99 Å². The highest BCUT2D eigenvalue weighted by atomic mass is 32.2. The van der Waals surface area contributed by atoms with Crippen LogP contribution in [0.1, 0.15) is 58.2 Å². The predicted octanol–water partition coefficient (Wildman–Crippen LogP) is 2.40. The smallest absolute Gasteiger partial charge is 0.193 e. The summed E-state index contributed by atoms with van der Waals surface area (Å²) in [6.07, 6.45) is 3.94. The van der Waals surface area contributed by atoms with E-state index in [1.165, 1.54) is 11.8 Å². The summed E-state index contributed by atoms with van der Waals surface area (Å²) in [5, 5.41) is 7.91. The number of aromatic nitrogens is 2. The van der Waals surface area contributed by atoms with E-state index in [2.05, 4.69) is 49.2 Å². The van der Waals surface area contributed by atoms with Gasteiger partial charge in [-0.3, -0.25) is 9.67 Å². The number of sulfone groups is 1. The van der Waals surface area contributed by atoms with Crippen LogP contribution >= 0.6 is 0 Å². The molecule has 0 bridgehead atoms. The lowest BCUT2D eigenvalue weighted by molar-refractivity contribution is 0.361. The van der Waals surface area contributed by atoms with Crippen LogP contribution in [0.3, 0.4) is 0 Å². The minimum Gasteiger partial charge on any atom is -0.357 e. The van der Waals surface area contributed by atoms with Crippen molar-refractivity contribution in [3.63, 3.8) is 0 Å². The molecular formula is C19H37N5O2S. The molecule has 1 aromatic heterocycles. The standard InChI is InChI=1S/C19H37N5O2S/c1-9-20-18(21-14-19(4,5)10-11-27(8,25)26)23(6)12-16-13-24(7)22-17(16)15(2)3/h13,15H,9-12,14H2,1-8H3,(H,20,21). The third kappa shape index (κ3) is 8.32. The average Bonchev–Trinajstić information content (AvgIpc) is 2.89. The van der Waals surface area contributed by atoms with Crippen molar-refractivity contribution >= 4 is 15.8 Å². The van der Waals surface area contributed by atoms with Crippen LogP contribution in [-0.4, -0.2) is 61.2 Å². The van der Waals surface area contributed by atoms with Gasteiger partial charge in [0.05, 0.1) is 11.4 Å². The maximum absolute atomic E-state index is 11.5. The second kappa shape index (κ2) is 9.57. The minimum atomic E-state index is -2.96. The van der Waals surface area contributed by atoms with Crippen molar-refractivity contribution in [2.24, 2.45) is 17.5 Å². The maximum atomic E-state index is 11.5. The highest BCUT2D eigenvalue weighted by Crippen LogP contribution is 2.22. The molecule has 0 amide bonds. The van der Waals surface area contributed by atoms with Crippen LogP contribution in [0.25, 0.3) is 0 Å². The zero-order chi connectivity index (χ0) is 20.8.